The summed E-state index contributed by atoms with van der Waals surface area (Å²) in [6, 6.07) is 9.51. The van der Waals surface area contributed by atoms with Crippen LogP contribution in [0.5, 0.6) is 0 Å². The molecule has 0 fully saturated rings. The molecular weight excluding hydrogens is 218 g/mol. The average Bonchev–Trinajstić information content (AvgIpc) is 2.38. The zero-order chi connectivity index (χ0) is 12.7. The first-order chi connectivity index (χ1) is 8.19. The Labute approximate surface area is 101 Å². The number of esters is 1. The van der Waals surface area contributed by atoms with E-state index in [2.05, 4.69) is 10.1 Å². The second kappa shape index (κ2) is 6.68. The number of rotatable bonds is 5. The monoisotopic (exact) mass is 235 g/mol. The molecule has 0 saturated heterocycles. The number of hydrogen-bond donors (Lipinski definition) is 1. The molecule has 4 heteroatoms. The van der Waals surface area contributed by atoms with E-state index in [0.717, 1.165) is 5.56 Å². The van der Waals surface area contributed by atoms with Gasteiger partial charge in [-0.25, -0.2) is 0 Å². The van der Waals surface area contributed by atoms with Crippen LogP contribution in [0.3, 0.4) is 0 Å². The summed E-state index contributed by atoms with van der Waals surface area (Å²) in [7, 11) is 1.29. The minimum absolute atomic E-state index is 0.0847. The smallest absolute Gasteiger partial charge is 0.325 e. The molecule has 0 aliphatic heterocycles. The summed E-state index contributed by atoms with van der Waals surface area (Å²) < 4.78 is 4.47. The normalized spacial score (nSPS) is 11.6. The van der Waals surface area contributed by atoms with E-state index in [0.29, 0.717) is 6.42 Å². The largest absolute Gasteiger partial charge is 0.468 e. The van der Waals surface area contributed by atoms with Crippen LogP contribution >= 0.6 is 0 Å². The van der Waals surface area contributed by atoms with Crippen molar-refractivity contribution in [3.63, 3.8) is 0 Å². The highest BCUT2D eigenvalue weighted by Crippen LogP contribution is 2.18. The SMILES string of the molecule is CC[C@@H](C(=O)NCC(=O)OC)c1ccccc1. The quantitative estimate of drug-likeness (QED) is 0.786. The molecule has 0 aliphatic rings. The van der Waals surface area contributed by atoms with Crippen molar-refractivity contribution in [2.24, 2.45) is 0 Å². The van der Waals surface area contributed by atoms with Gasteiger partial charge in [-0.15, -0.1) is 0 Å². The van der Waals surface area contributed by atoms with Crippen molar-refractivity contribution in [1.29, 1.82) is 0 Å². The highest BCUT2D eigenvalue weighted by Gasteiger charge is 2.18. The predicted molar refractivity (Wildman–Crippen MR) is 64.5 cm³/mol. The van der Waals surface area contributed by atoms with Gasteiger partial charge in [-0.3, -0.25) is 9.59 Å². The first-order valence-corrected chi connectivity index (χ1v) is 5.58. The summed E-state index contributed by atoms with van der Waals surface area (Å²) in [6.45, 7) is 1.86. The van der Waals surface area contributed by atoms with E-state index >= 15 is 0 Å². The molecule has 0 unspecified atom stereocenters. The first-order valence-electron chi connectivity index (χ1n) is 5.58. The number of ether oxygens (including phenoxy) is 1. The average molecular weight is 235 g/mol. The van der Waals surface area contributed by atoms with Crippen LogP contribution in [0, 0.1) is 0 Å². The van der Waals surface area contributed by atoms with Crippen LogP contribution in [-0.2, 0) is 14.3 Å². The van der Waals surface area contributed by atoms with Crippen molar-refractivity contribution >= 4 is 11.9 Å². The van der Waals surface area contributed by atoms with Crippen LogP contribution in [0.1, 0.15) is 24.8 Å². The maximum atomic E-state index is 11.9. The van der Waals surface area contributed by atoms with Gasteiger partial charge in [0.15, 0.2) is 0 Å². The maximum Gasteiger partial charge on any atom is 0.325 e. The van der Waals surface area contributed by atoms with Gasteiger partial charge in [-0.1, -0.05) is 37.3 Å². The van der Waals surface area contributed by atoms with E-state index in [1.54, 1.807) is 0 Å². The topological polar surface area (TPSA) is 55.4 Å². The Bertz CT molecular complexity index is 376. The van der Waals surface area contributed by atoms with Crippen molar-refractivity contribution in [1.82, 2.24) is 5.32 Å². The van der Waals surface area contributed by atoms with Crippen molar-refractivity contribution in [3.05, 3.63) is 35.9 Å². The van der Waals surface area contributed by atoms with E-state index < -0.39 is 5.97 Å². The molecule has 0 saturated carbocycles. The standard InChI is InChI=1S/C13H17NO3/c1-3-11(10-7-5-4-6-8-10)13(16)14-9-12(15)17-2/h4-8,11H,3,9H2,1-2H3,(H,14,16)/t11-/m1/s1. The third-order valence-corrected chi connectivity index (χ3v) is 2.56. The summed E-state index contributed by atoms with van der Waals surface area (Å²) >= 11 is 0. The van der Waals surface area contributed by atoms with Crippen LogP contribution in [0.25, 0.3) is 0 Å². The molecule has 1 aromatic carbocycles. The van der Waals surface area contributed by atoms with Gasteiger partial charge in [-0.05, 0) is 12.0 Å². The van der Waals surface area contributed by atoms with E-state index in [-0.39, 0.29) is 18.4 Å². The fourth-order valence-electron chi connectivity index (χ4n) is 1.61. The van der Waals surface area contributed by atoms with E-state index in [1.165, 1.54) is 7.11 Å². The molecule has 0 spiro atoms. The second-order valence-corrected chi connectivity index (χ2v) is 3.67. The molecule has 0 heterocycles. The third-order valence-electron chi connectivity index (χ3n) is 2.56. The third kappa shape index (κ3) is 3.90. The second-order valence-electron chi connectivity index (χ2n) is 3.67. The van der Waals surface area contributed by atoms with Crippen LogP contribution in [0.2, 0.25) is 0 Å². The summed E-state index contributed by atoms with van der Waals surface area (Å²) in [5, 5.41) is 2.57. The molecule has 1 amide bonds. The lowest BCUT2D eigenvalue weighted by molar-refractivity contribution is -0.141. The van der Waals surface area contributed by atoms with E-state index in [4.69, 9.17) is 0 Å². The number of carbonyl (C=O) groups is 2. The maximum absolute atomic E-state index is 11.9. The van der Waals surface area contributed by atoms with Gasteiger partial charge < -0.3 is 10.1 Å². The Morgan fingerprint density at radius 3 is 2.47 bits per heavy atom. The zero-order valence-corrected chi connectivity index (χ0v) is 10.1. The lowest BCUT2D eigenvalue weighted by atomic mass is 9.96. The number of amides is 1. The van der Waals surface area contributed by atoms with Crippen LogP contribution in [-0.4, -0.2) is 25.5 Å². The fourth-order valence-corrected chi connectivity index (χ4v) is 1.61. The Hall–Kier alpha value is -1.84. The predicted octanol–water partition coefficient (Wildman–Crippen LogP) is 1.47. The molecule has 0 aliphatic carbocycles. The van der Waals surface area contributed by atoms with Crippen LogP contribution in [0.15, 0.2) is 30.3 Å². The zero-order valence-electron chi connectivity index (χ0n) is 10.1. The minimum atomic E-state index is -0.443. The molecule has 0 bridgehead atoms. The fraction of sp³-hybridized carbons (Fsp3) is 0.385. The summed E-state index contributed by atoms with van der Waals surface area (Å²) in [5.74, 6) is -0.814. The van der Waals surface area contributed by atoms with Crippen molar-refractivity contribution in [2.75, 3.05) is 13.7 Å². The molecule has 17 heavy (non-hydrogen) atoms. The lowest BCUT2D eigenvalue weighted by Crippen LogP contribution is -2.33. The minimum Gasteiger partial charge on any atom is -0.468 e. The molecular formula is C13H17NO3. The van der Waals surface area contributed by atoms with Gasteiger partial charge in [-0.2, -0.15) is 0 Å². The molecule has 4 nitrogen and oxygen atoms in total. The number of carbonyl (C=O) groups excluding carboxylic acids is 2. The Balaban J connectivity index is 2.62. The van der Waals surface area contributed by atoms with Crippen LogP contribution < -0.4 is 5.32 Å². The molecule has 1 N–H and O–H groups in total. The highest BCUT2D eigenvalue weighted by atomic mass is 16.5. The number of nitrogens with one attached hydrogen (secondary N) is 1. The molecule has 1 aromatic rings. The highest BCUT2D eigenvalue weighted by molar-refractivity contribution is 5.86. The molecule has 1 atom stereocenters. The van der Waals surface area contributed by atoms with Gasteiger partial charge in [0.1, 0.15) is 6.54 Å². The van der Waals surface area contributed by atoms with Crippen molar-refractivity contribution in [2.45, 2.75) is 19.3 Å². The van der Waals surface area contributed by atoms with Crippen molar-refractivity contribution < 1.29 is 14.3 Å². The Kier molecular flexibility index (Phi) is 5.20. The number of benzene rings is 1. The number of hydrogen-bond acceptors (Lipinski definition) is 3. The molecule has 92 valence electrons. The van der Waals surface area contributed by atoms with Crippen molar-refractivity contribution in [3.8, 4) is 0 Å². The lowest BCUT2D eigenvalue weighted by Gasteiger charge is -2.14. The molecule has 1 rings (SSSR count). The Morgan fingerprint density at radius 2 is 1.94 bits per heavy atom. The summed E-state index contributed by atoms with van der Waals surface area (Å²) in [6.07, 6.45) is 0.691. The van der Waals surface area contributed by atoms with Gasteiger partial charge >= 0.3 is 5.97 Å². The summed E-state index contributed by atoms with van der Waals surface area (Å²) in [5.41, 5.74) is 0.956. The molecule has 0 radical (unpaired) electrons. The number of methoxy groups -OCH3 is 1. The first kappa shape index (κ1) is 13.2. The van der Waals surface area contributed by atoms with Crippen LogP contribution in [0.4, 0.5) is 0 Å². The van der Waals surface area contributed by atoms with Gasteiger partial charge in [0.25, 0.3) is 0 Å². The van der Waals surface area contributed by atoms with E-state index in [9.17, 15) is 9.59 Å². The van der Waals surface area contributed by atoms with Gasteiger partial charge in [0.05, 0.1) is 13.0 Å². The molecule has 0 aromatic heterocycles. The van der Waals surface area contributed by atoms with E-state index in [1.807, 2.05) is 37.3 Å². The summed E-state index contributed by atoms with van der Waals surface area (Å²) in [4.78, 5) is 22.8. The van der Waals surface area contributed by atoms with Gasteiger partial charge in [0, 0.05) is 0 Å². The van der Waals surface area contributed by atoms with Gasteiger partial charge in [0.2, 0.25) is 5.91 Å². The Morgan fingerprint density at radius 1 is 1.29 bits per heavy atom.